The molecule has 0 radical (unpaired) electrons. The molecule has 0 saturated carbocycles. The minimum absolute atomic E-state index is 0. The van der Waals surface area contributed by atoms with Crippen LogP contribution in [-0.4, -0.2) is 65.4 Å². The lowest BCUT2D eigenvalue weighted by atomic mass is 10.2. The average Bonchev–Trinajstić information content (AvgIpc) is 2.72. The van der Waals surface area contributed by atoms with Crippen molar-refractivity contribution in [1.82, 2.24) is 14.5 Å². The number of hydrogen-bond acceptors (Lipinski definition) is 5. The first kappa shape index (κ1) is 28.5. The first-order chi connectivity index (χ1) is 14.6. The number of rotatable bonds is 7. The molecule has 1 aromatic heterocycles. The van der Waals surface area contributed by atoms with Gasteiger partial charge < -0.3 is 20.1 Å². The van der Waals surface area contributed by atoms with Crippen molar-refractivity contribution in [3.8, 4) is 5.75 Å². The number of hydrogen-bond donors (Lipinski definition) is 1. The summed E-state index contributed by atoms with van der Waals surface area (Å²) in [5, 5.41) is 0. The van der Waals surface area contributed by atoms with Gasteiger partial charge in [-0.1, -0.05) is 0 Å². The van der Waals surface area contributed by atoms with Gasteiger partial charge in [0.2, 0.25) is 0 Å². The summed E-state index contributed by atoms with van der Waals surface area (Å²) in [5.41, 5.74) is 0.138. The topological polar surface area (TPSA) is 102 Å². The van der Waals surface area contributed by atoms with Gasteiger partial charge in [-0.25, -0.2) is 9.18 Å². The molecule has 186 valence electrons. The lowest BCUT2D eigenvalue weighted by molar-refractivity contribution is -0.153. The number of ether oxygens (including phenoxy) is 1. The molecule has 1 aromatic carbocycles. The lowest BCUT2D eigenvalue weighted by Crippen LogP contribution is -2.47. The highest BCUT2D eigenvalue weighted by atomic mass is 35.5. The van der Waals surface area contributed by atoms with E-state index in [1.807, 2.05) is 4.90 Å². The molecule has 3 N–H and O–H groups in total. The van der Waals surface area contributed by atoms with Gasteiger partial charge in [0, 0.05) is 50.6 Å². The average molecular weight is 499 g/mol. The number of piperazine rings is 1. The third-order valence-corrected chi connectivity index (χ3v) is 5.12. The van der Waals surface area contributed by atoms with Crippen LogP contribution in [0.15, 0.2) is 34.0 Å². The molecule has 2 heterocycles. The van der Waals surface area contributed by atoms with Crippen LogP contribution in [0, 0.1) is 12.7 Å². The fraction of sp³-hybridized carbons (Fsp3) is 0.500. The standard InChI is InChI=1S/C20H24F4N4O3.ClH.H2O/c1-14-12-25-19(30)28(18(14)29)6-2-5-26-7-9-27(10-8-26)16-4-3-15(21)11-17(16)31-13-20(22,23)24;;/h3-4,11-12H,2,5-10,13H2,1H3,(H,25,30);1H;1H2. The van der Waals surface area contributed by atoms with Crippen molar-refractivity contribution in [1.29, 1.82) is 0 Å². The largest absolute Gasteiger partial charge is 0.482 e. The number of aromatic amines is 1. The van der Waals surface area contributed by atoms with Crippen LogP contribution in [0.5, 0.6) is 5.75 Å². The van der Waals surface area contributed by atoms with Gasteiger partial charge in [0.05, 0.1) is 5.69 Å². The van der Waals surface area contributed by atoms with E-state index in [4.69, 9.17) is 4.74 Å². The van der Waals surface area contributed by atoms with Crippen molar-refractivity contribution < 1.29 is 27.8 Å². The minimum atomic E-state index is -4.51. The molecule has 0 spiro atoms. The molecule has 3 rings (SSSR count). The molecule has 8 nitrogen and oxygen atoms in total. The molecule has 0 unspecified atom stereocenters. The summed E-state index contributed by atoms with van der Waals surface area (Å²) < 4.78 is 57.0. The number of alkyl halides is 3. The van der Waals surface area contributed by atoms with Gasteiger partial charge >= 0.3 is 11.9 Å². The van der Waals surface area contributed by atoms with Crippen LogP contribution in [0.4, 0.5) is 23.2 Å². The zero-order valence-electron chi connectivity index (χ0n) is 18.0. The number of aromatic nitrogens is 2. The summed E-state index contributed by atoms with van der Waals surface area (Å²) >= 11 is 0. The van der Waals surface area contributed by atoms with E-state index in [9.17, 15) is 27.2 Å². The second-order valence-corrected chi connectivity index (χ2v) is 7.43. The Bertz CT molecular complexity index is 1020. The van der Waals surface area contributed by atoms with E-state index in [2.05, 4.69) is 9.88 Å². The fourth-order valence-corrected chi connectivity index (χ4v) is 3.51. The second kappa shape index (κ2) is 12.1. The van der Waals surface area contributed by atoms with Gasteiger partial charge in [0.15, 0.2) is 6.61 Å². The van der Waals surface area contributed by atoms with Gasteiger partial charge in [0.1, 0.15) is 11.6 Å². The fourth-order valence-electron chi connectivity index (χ4n) is 3.51. The number of halogens is 5. The molecular formula is C20H27ClF4N4O4. The van der Waals surface area contributed by atoms with Crippen LogP contribution in [0.2, 0.25) is 0 Å². The number of H-pyrrole nitrogens is 1. The smallest absolute Gasteiger partial charge is 0.422 e. The second-order valence-electron chi connectivity index (χ2n) is 7.43. The summed E-state index contributed by atoms with van der Waals surface area (Å²) in [4.78, 5) is 30.4. The van der Waals surface area contributed by atoms with Crippen molar-refractivity contribution in [2.75, 3.05) is 44.2 Å². The Labute approximate surface area is 193 Å². The Morgan fingerprint density at radius 3 is 2.39 bits per heavy atom. The van der Waals surface area contributed by atoms with Gasteiger partial charge in [-0.3, -0.25) is 14.3 Å². The zero-order valence-corrected chi connectivity index (χ0v) is 18.8. The number of aryl methyl sites for hydroxylation is 1. The van der Waals surface area contributed by atoms with E-state index >= 15 is 0 Å². The Balaban J connectivity index is 0.00000272. The highest BCUT2D eigenvalue weighted by Gasteiger charge is 2.29. The highest BCUT2D eigenvalue weighted by molar-refractivity contribution is 5.85. The molecule has 1 aliphatic heterocycles. The molecule has 0 amide bonds. The molecule has 0 aliphatic carbocycles. The van der Waals surface area contributed by atoms with E-state index < -0.39 is 24.3 Å². The minimum Gasteiger partial charge on any atom is -0.482 e. The van der Waals surface area contributed by atoms with Gasteiger partial charge in [-0.15, -0.1) is 12.4 Å². The molecule has 0 atom stereocenters. The van der Waals surface area contributed by atoms with Crippen LogP contribution in [-0.2, 0) is 6.54 Å². The van der Waals surface area contributed by atoms with Crippen molar-refractivity contribution in [2.24, 2.45) is 0 Å². The van der Waals surface area contributed by atoms with Gasteiger partial charge in [0.25, 0.3) is 5.56 Å². The summed E-state index contributed by atoms with van der Waals surface area (Å²) in [6, 6.07) is 3.58. The maximum absolute atomic E-state index is 13.5. The first-order valence-electron chi connectivity index (χ1n) is 9.89. The third kappa shape index (κ3) is 7.76. The Kier molecular flexibility index (Phi) is 10.4. The Hall–Kier alpha value is -2.57. The van der Waals surface area contributed by atoms with Gasteiger partial charge in [-0.2, -0.15) is 13.2 Å². The molecule has 1 saturated heterocycles. The predicted molar refractivity (Wildman–Crippen MR) is 118 cm³/mol. The Morgan fingerprint density at radius 1 is 1.09 bits per heavy atom. The molecule has 33 heavy (non-hydrogen) atoms. The van der Waals surface area contributed by atoms with Crippen LogP contribution in [0.3, 0.4) is 0 Å². The zero-order chi connectivity index (χ0) is 22.6. The maximum atomic E-state index is 13.5. The SMILES string of the molecule is Cc1c[nH]c(=O)n(CCCN2CCN(c3ccc(F)cc3OCC(F)(F)F)CC2)c1=O.Cl.O. The monoisotopic (exact) mass is 498 g/mol. The van der Waals surface area contributed by atoms with E-state index in [0.29, 0.717) is 56.9 Å². The van der Waals surface area contributed by atoms with Crippen LogP contribution >= 0.6 is 12.4 Å². The van der Waals surface area contributed by atoms with Crippen LogP contribution in [0.1, 0.15) is 12.0 Å². The quantitative estimate of drug-likeness (QED) is 0.586. The number of benzene rings is 1. The summed E-state index contributed by atoms with van der Waals surface area (Å²) in [6.07, 6.45) is -2.52. The van der Waals surface area contributed by atoms with Crippen molar-refractivity contribution in [2.45, 2.75) is 26.1 Å². The van der Waals surface area contributed by atoms with E-state index in [-0.39, 0.29) is 29.2 Å². The lowest BCUT2D eigenvalue weighted by Gasteiger charge is -2.36. The van der Waals surface area contributed by atoms with Crippen molar-refractivity contribution in [3.05, 3.63) is 56.6 Å². The van der Waals surface area contributed by atoms with E-state index in [1.54, 1.807) is 6.92 Å². The molecule has 1 fully saturated rings. The predicted octanol–water partition coefficient (Wildman–Crippen LogP) is 1.73. The number of nitrogens with one attached hydrogen (secondary N) is 1. The molecule has 13 heteroatoms. The number of nitrogens with zero attached hydrogens (tertiary/aromatic N) is 3. The molecule has 1 aliphatic rings. The molecular weight excluding hydrogens is 472 g/mol. The van der Waals surface area contributed by atoms with Crippen LogP contribution < -0.4 is 20.9 Å². The molecule has 2 aromatic rings. The van der Waals surface area contributed by atoms with Crippen molar-refractivity contribution >= 4 is 18.1 Å². The normalized spacial score (nSPS) is 14.4. The summed E-state index contributed by atoms with van der Waals surface area (Å²) in [7, 11) is 0. The van der Waals surface area contributed by atoms with Crippen molar-refractivity contribution in [3.63, 3.8) is 0 Å². The van der Waals surface area contributed by atoms with E-state index in [1.165, 1.54) is 22.9 Å². The highest BCUT2D eigenvalue weighted by Crippen LogP contribution is 2.31. The van der Waals surface area contributed by atoms with Gasteiger partial charge in [-0.05, 0) is 32.0 Å². The summed E-state index contributed by atoms with van der Waals surface area (Å²) in [6.45, 7) is 3.43. The van der Waals surface area contributed by atoms with E-state index in [0.717, 1.165) is 6.07 Å². The third-order valence-electron chi connectivity index (χ3n) is 5.12. The summed E-state index contributed by atoms with van der Waals surface area (Å²) in [5.74, 6) is -0.801. The first-order valence-corrected chi connectivity index (χ1v) is 9.89. The molecule has 0 bridgehead atoms. The Morgan fingerprint density at radius 2 is 1.76 bits per heavy atom. The van der Waals surface area contributed by atoms with Crippen LogP contribution in [0.25, 0.3) is 0 Å². The number of anilines is 1. The maximum Gasteiger partial charge on any atom is 0.422 e.